The molecule has 1 fully saturated rings. The third kappa shape index (κ3) is 4.27. The summed E-state index contributed by atoms with van der Waals surface area (Å²) in [5.41, 5.74) is 6.32. The lowest BCUT2D eigenvalue weighted by Gasteiger charge is -2.31. The first-order valence-electron chi connectivity index (χ1n) is 9.85. The van der Waals surface area contributed by atoms with E-state index in [1.165, 1.54) is 13.2 Å². The molecule has 3 heterocycles. The number of amides is 2. The van der Waals surface area contributed by atoms with Gasteiger partial charge in [0.25, 0.3) is 11.8 Å². The van der Waals surface area contributed by atoms with Gasteiger partial charge < -0.3 is 20.1 Å². The minimum Gasteiger partial charge on any atom is -0.493 e. The number of fused-ring (bicyclic) bond motifs is 1. The molecule has 4 rings (SSSR count). The normalized spacial score (nSPS) is 14.6. The van der Waals surface area contributed by atoms with Crippen LogP contribution in [0, 0.1) is 0 Å². The maximum absolute atomic E-state index is 13.1. The molecule has 2 amide bonds. The number of methoxy groups -OCH3 is 1. The van der Waals surface area contributed by atoms with Crippen molar-refractivity contribution in [3.63, 3.8) is 0 Å². The number of rotatable bonds is 6. The molecule has 0 radical (unpaired) electrons. The Hall–Kier alpha value is -3.33. The molecule has 162 valence electrons. The first kappa shape index (κ1) is 20.9. The molecule has 1 saturated heterocycles. The van der Waals surface area contributed by atoms with Gasteiger partial charge in [-0.2, -0.15) is 0 Å². The Morgan fingerprint density at radius 1 is 1.23 bits per heavy atom. The number of carbonyl (C=O) groups is 2. The van der Waals surface area contributed by atoms with Crippen LogP contribution in [0.4, 0.5) is 0 Å². The number of nitrogens with two attached hydrogens (primary N) is 1. The fraction of sp³-hybridized carbons (Fsp3) is 0.333. The number of piperidine rings is 1. The van der Waals surface area contributed by atoms with Gasteiger partial charge in [-0.1, -0.05) is 17.7 Å². The van der Waals surface area contributed by atoms with Gasteiger partial charge in [-0.15, -0.1) is 10.2 Å². The Morgan fingerprint density at radius 3 is 2.71 bits per heavy atom. The predicted octanol–water partition coefficient (Wildman–Crippen LogP) is 2.28. The molecular weight excluding hydrogens is 422 g/mol. The number of halogens is 1. The predicted molar refractivity (Wildman–Crippen MR) is 114 cm³/mol. The Balaban J connectivity index is 1.47. The summed E-state index contributed by atoms with van der Waals surface area (Å²) in [6.07, 6.45) is 3.52. The molecule has 10 heteroatoms. The molecule has 31 heavy (non-hydrogen) atoms. The minimum atomic E-state index is -0.637. The fourth-order valence-electron chi connectivity index (χ4n) is 3.79. The molecular formula is C21H22ClN5O4. The number of aromatic nitrogens is 3. The smallest absolute Gasteiger partial charge is 0.255 e. The van der Waals surface area contributed by atoms with Gasteiger partial charge >= 0.3 is 0 Å². The Kier molecular flexibility index (Phi) is 5.94. The van der Waals surface area contributed by atoms with Gasteiger partial charge in [0, 0.05) is 30.8 Å². The summed E-state index contributed by atoms with van der Waals surface area (Å²) in [6, 6.07) is 8.87. The van der Waals surface area contributed by atoms with Gasteiger partial charge in [0.15, 0.2) is 23.8 Å². The van der Waals surface area contributed by atoms with Crippen LogP contribution < -0.4 is 15.2 Å². The maximum atomic E-state index is 13.1. The summed E-state index contributed by atoms with van der Waals surface area (Å²) < 4.78 is 12.6. The first-order valence-corrected chi connectivity index (χ1v) is 10.2. The first-order chi connectivity index (χ1) is 15.0. The minimum absolute atomic E-state index is 0.147. The number of hydrogen-bond acceptors (Lipinski definition) is 6. The molecule has 1 aliphatic rings. The van der Waals surface area contributed by atoms with E-state index < -0.39 is 5.91 Å². The lowest BCUT2D eigenvalue weighted by molar-refractivity contribution is -0.119. The summed E-state index contributed by atoms with van der Waals surface area (Å²) in [6.45, 7) is 0.838. The number of nitrogens with zero attached hydrogens (tertiary/aromatic N) is 4. The average Bonchev–Trinajstić information content (AvgIpc) is 3.21. The topological polar surface area (TPSA) is 112 Å². The molecule has 0 spiro atoms. The van der Waals surface area contributed by atoms with Crippen molar-refractivity contribution in [2.24, 2.45) is 5.73 Å². The van der Waals surface area contributed by atoms with E-state index in [9.17, 15) is 9.59 Å². The summed E-state index contributed by atoms with van der Waals surface area (Å²) in [7, 11) is 1.44. The standard InChI is InChI=1S/C21H22ClN5O4/c1-30-16-11-14(10-15(22)19(16)31-12-17(23)28)21(29)26-8-5-13(6-9-26)20-25-24-18-4-2-3-7-27(18)20/h2-4,7,10-11,13H,5-6,8-9,12H2,1H3,(H2,23,28). The van der Waals surface area contributed by atoms with E-state index in [1.807, 2.05) is 28.8 Å². The average molecular weight is 444 g/mol. The number of pyridine rings is 1. The van der Waals surface area contributed by atoms with Crippen molar-refractivity contribution in [2.75, 3.05) is 26.8 Å². The summed E-state index contributed by atoms with van der Waals surface area (Å²) >= 11 is 6.28. The lowest BCUT2D eigenvalue weighted by atomic mass is 9.95. The molecule has 9 nitrogen and oxygen atoms in total. The third-order valence-corrected chi connectivity index (χ3v) is 5.60. The summed E-state index contributed by atoms with van der Waals surface area (Å²) in [5.74, 6) is 0.805. The number of benzene rings is 1. The van der Waals surface area contributed by atoms with Gasteiger partial charge in [0.2, 0.25) is 0 Å². The second kappa shape index (κ2) is 8.81. The van der Waals surface area contributed by atoms with Gasteiger partial charge in [0.1, 0.15) is 5.82 Å². The van der Waals surface area contributed by atoms with E-state index in [4.69, 9.17) is 26.8 Å². The summed E-state index contributed by atoms with van der Waals surface area (Å²) in [4.78, 5) is 25.8. The van der Waals surface area contributed by atoms with Crippen LogP contribution in [0.15, 0.2) is 36.5 Å². The largest absolute Gasteiger partial charge is 0.493 e. The molecule has 3 aromatic rings. The van der Waals surface area contributed by atoms with E-state index in [1.54, 1.807) is 11.0 Å². The van der Waals surface area contributed by atoms with Crippen molar-refractivity contribution in [1.29, 1.82) is 0 Å². The van der Waals surface area contributed by atoms with E-state index in [0.717, 1.165) is 24.3 Å². The van der Waals surface area contributed by atoms with Crippen molar-refractivity contribution in [2.45, 2.75) is 18.8 Å². The lowest BCUT2D eigenvalue weighted by Crippen LogP contribution is -2.38. The van der Waals surface area contributed by atoms with Crippen LogP contribution in [-0.2, 0) is 4.79 Å². The highest BCUT2D eigenvalue weighted by molar-refractivity contribution is 6.32. The molecule has 0 aliphatic carbocycles. The van der Waals surface area contributed by atoms with Crippen LogP contribution in [0.3, 0.4) is 0 Å². The van der Waals surface area contributed by atoms with Crippen molar-refractivity contribution < 1.29 is 19.1 Å². The SMILES string of the molecule is COc1cc(C(=O)N2CCC(c3nnc4ccccn34)CC2)cc(Cl)c1OCC(N)=O. The molecule has 1 aromatic carbocycles. The molecule has 0 atom stereocenters. The molecule has 0 saturated carbocycles. The van der Waals surface area contributed by atoms with Crippen molar-refractivity contribution in [3.8, 4) is 11.5 Å². The highest BCUT2D eigenvalue weighted by Gasteiger charge is 2.28. The highest BCUT2D eigenvalue weighted by atomic mass is 35.5. The van der Waals surface area contributed by atoms with Gasteiger partial charge in [-0.3, -0.25) is 14.0 Å². The zero-order valence-corrected chi connectivity index (χ0v) is 17.7. The highest BCUT2D eigenvalue weighted by Crippen LogP contribution is 2.37. The van der Waals surface area contributed by atoms with Crippen LogP contribution in [0.2, 0.25) is 5.02 Å². The van der Waals surface area contributed by atoms with Crippen molar-refractivity contribution >= 4 is 29.1 Å². The Morgan fingerprint density at radius 2 is 2.00 bits per heavy atom. The summed E-state index contributed by atoms with van der Waals surface area (Å²) in [5, 5.41) is 8.75. The van der Waals surface area contributed by atoms with Crippen LogP contribution in [0.25, 0.3) is 5.65 Å². The van der Waals surface area contributed by atoms with Crippen LogP contribution in [0.1, 0.15) is 34.9 Å². The van der Waals surface area contributed by atoms with E-state index in [2.05, 4.69) is 10.2 Å². The number of likely N-dealkylation sites (tertiary alicyclic amines) is 1. The quantitative estimate of drug-likeness (QED) is 0.625. The maximum Gasteiger partial charge on any atom is 0.255 e. The number of hydrogen-bond donors (Lipinski definition) is 1. The molecule has 0 unspecified atom stereocenters. The fourth-order valence-corrected chi connectivity index (χ4v) is 4.05. The zero-order valence-electron chi connectivity index (χ0n) is 17.0. The van der Waals surface area contributed by atoms with E-state index in [-0.39, 0.29) is 35.0 Å². The Bertz CT molecular complexity index is 1120. The van der Waals surface area contributed by atoms with Crippen LogP contribution in [-0.4, -0.2) is 58.1 Å². The van der Waals surface area contributed by atoms with Crippen LogP contribution >= 0.6 is 11.6 Å². The number of carbonyl (C=O) groups excluding carboxylic acids is 2. The van der Waals surface area contributed by atoms with E-state index in [0.29, 0.717) is 18.7 Å². The van der Waals surface area contributed by atoms with Gasteiger partial charge in [-0.05, 0) is 37.1 Å². The van der Waals surface area contributed by atoms with Crippen LogP contribution in [0.5, 0.6) is 11.5 Å². The number of ether oxygens (including phenoxy) is 2. The van der Waals surface area contributed by atoms with Gasteiger partial charge in [-0.25, -0.2) is 0 Å². The number of primary amides is 1. The van der Waals surface area contributed by atoms with E-state index >= 15 is 0 Å². The molecule has 2 aromatic heterocycles. The van der Waals surface area contributed by atoms with Crippen molar-refractivity contribution in [3.05, 3.63) is 52.9 Å². The molecule has 1 aliphatic heterocycles. The second-order valence-electron chi connectivity index (χ2n) is 7.30. The van der Waals surface area contributed by atoms with Gasteiger partial charge in [0.05, 0.1) is 12.1 Å². The molecule has 0 bridgehead atoms. The molecule has 2 N–H and O–H groups in total. The van der Waals surface area contributed by atoms with Crippen molar-refractivity contribution in [1.82, 2.24) is 19.5 Å². The third-order valence-electron chi connectivity index (χ3n) is 5.32. The zero-order chi connectivity index (χ0) is 22.0. The Labute approximate surface area is 183 Å². The monoisotopic (exact) mass is 443 g/mol. The second-order valence-corrected chi connectivity index (χ2v) is 7.71.